The van der Waals surface area contributed by atoms with E-state index in [-0.39, 0.29) is 0 Å². The highest BCUT2D eigenvalue weighted by Gasteiger charge is 2.20. The quantitative estimate of drug-likeness (QED) is 0.785. The number of rotatable bonds is 3. The molecule has 2 aromatic rings. The number of imidazole rings is 1. The fourth-order valence-electron chi connectivity index (χ4n) is 1.71. The summed E-state index contributed by atoms with van der Waals surface area (Å²) in [6.45, 7) is 0.870. The van der Waals surface area contributed by atoms with Crippen molar-refractivity contribution < 1.29 is 0 Å². The number of nitrogens with zero attached hydrogens (tertiary/aromatic N) is 2. The lowest BCUT2D eigenvalue weighted by molar-refractivity contribution is 0.670. The Morgan fingerprint density at radius 3 is 3.13 bits per heavy atom. The minimum atomic E-state index is 0.719. The first-order chi connectivity index (χ1) is 7.33. The first-order valence-electron chi connectivity index (χ1n) is 5.28. The van der Waals surface area contributed by atoms with Crippen molar-refractivity contribution in [3.63, 3.8) is 0 Å². The summed E-state index contributed by atoms with van der Waals surface area (Å²) >= 11 is 0. The van der Waals surface area contributed by atoms with Crippen LogP contribution in [-0.2, 0) is 6.54 Å². The van der Waals surface area contributed by atoms with Crippen LogP contribution in [0.25, 0.3) is 5.65 Å². The molecular formula is C11H14N4. The van der Waals surface area contributed by atoms with Crippen molar-refractivity contribution in [1.29, 1.82) is 0 Å². The van der Waals surface area contributed by atoms with Gasteiger partial charge >= 0.3 is 0 Å². The van der Waals surface area contributed by atoms with Gasteiger partial charge in [-0.3, -0.25) is 0 Å². The molecule has 3 N–H and O–H groups in total. The Bertz CT molecular complexity index is 484. The van der Waals surface area contributed by atoms with Crippen molar-refractivity contribution in [3.8, 4) is 0 Å². The van der Waals surface area contributed by atoms with Crippen molar-refractivity contribution in [2.75, 3.05) is 5.73 Å². The van der Waals surface area contributed by atoms with E-state index in [0.29, 0.717) is 0 Å². The summed E-state index contributed by atoms with van der Waals surface area (Å²) < 4.78 is 2.05. The van der Waals surface area contributed by atoms with Gasteiger partial charge in [-0.25, -0.2) is 4.98 Å². The van der Waals surface area contributed by atoms with E-state index in [9.17, 15) is 0 Å². The monoisotopic (exact) mass is 202 g/mol. The smallest absolute Gasteiger partial charge is 0.137 e. The maximum atomic E-state index is 5.75. The molecule has 3 rings (SSSR count). The van der Waals surface area contributed by atoms with Gasteiger partial charge in [-0.05, 0) is 25.0 Å². The number of nitrogens with one attached hydrogen (secondary N) is 1. The molecule has 0 bridgehead atoms. The van der Waals surface area contributed by atoms with Gasteiger partial charge in [0.05, 0.1) is 11.9 Å². The maximum absolute atomic E-state index is 5.75. The molecule has 0 saturated heterocycles. The van der Waals surface area contributed by atoms with Gasteiger partial charge in [-0.1, -0.05) is 0 Å². The Kier molecular flexibility index (Phi) is 1.89. The summed E-state index contributed by atoms with van der Waals surface area (Å²) in [6.07, 6.45) is 6.44. The summed E-state index contributed by atoms with van der Waals surface area (Å²) in [5.74, 6) is 0. The van der Waals surface area contributed by atoms with Gasteiger partial charge in [0, 0.05) is 24.5 Å². The third-order valence-electron chi connectivity index (χ3n) is 2.75. The Morgan fingerprint density at radius 2 is 2.33 bits per heavy atom. The summed E-state index contributed by atoms with van der Waals surface area (Å²) in [6, 6.07) is 4.53. The number of pyridine rings is 1. The van der Waals surface area contributed by atoms with Gasteiger partial charge in [0.15, 0.2) is 0 Å². The molecule has 0 aromatic carbocycles. The molecule has 4 nitrogen and oxygen atoms in total. The van der Waals surface area contributed by atoms with E-state index in [1.54, 1.807) is 0 Å². The zero-order chi connectivity index (χ0) is 10.3. The standard InChI is InChI=1S/C11H14N4/c12-8-1-4-11-14-6-10(15(11)7-8)5-13-9-2-3-9/h1,4,6-7,9,13H,2-3,5,12H2. The average molecular weight is 202 g/mol. The number of fused-ring (bicyclic) bond motifs is 1. The van der Waals surface area contributed by atoms with Crippen LogP contribution >= 0.6 is 0 Å². The zero-order valence-electron chi connectivity index (χ0n) is 8.48. The van der Waals surface area contributed by atoms with Crippen LogP contribution in [0.3, 0.4) is 0 Å². The van der Waals surface area contributed by atoms with Crippen LogP contribution in [0.1, 0.15) is 18.5 Å². The molecule has 2 aromatic heterocycles. The topological polar surface area (TPSA) is 55.3 Å². The number of aromatic nitrogens is 2. The first-order valence-corrected chi connectivity index (χ1v) is 5.28. The lowest BCUT2D eigenvalue weighted by Crippen LogP contribution is -2.16. The molecule has 0 radical (unpaired) electrons. The van der Waals surface area contributed by atoms with Gasteiger partial charge in [-0.15, -0.1) is 0 Å². The van der Waals surface area contributed by atoms with Gasteiger partial charge in [0.1, 0.15) is 5.65 Å². The molecule has 15 heavy (non-hydrogen) atoms. The zero-order valence-corrected chi connectivity index (χ0v) is 8.48. The van der Waals surface area contributed by atoms with Crippen LogP contribution in [0.15, 0.2) is 24.5 Å². The number of hydrogen-bond donors (Lipinski definition) is 2. The number of nitrogens with two attached hydrogens (primary N) is 1. The molecule has 0 spiro atoms. The van der Waals surface area contributed by atoms with Crippen LogP contribution in [0.4, 0.5) is 5.69 Å². The molecule has 0 amide bonds. The largest absolute Gasteiger partial charge is 0.398 e. The maximum Gasteiger partial charge on any atom is 0.137 e. The molecule has 4 heteroatoms. The van der Waals surface area contributed by atoms with Gasteiger partial charge < -0.3 is 15.5 Å². The number of nitrogen functional groups attached to an aromatic ring is 1. The van der Waals surface area contributed by atoms with Gasteiger partial charge in [0.25, 0.3) is 0 Å². The van der Waals surface area contributed by atoms with E-state index in [1.165, 1.54) is 18.5 Å². The predicted octanol–water partition coefficient (Wildman–Crippen LogP) is 1.17. The van der Waals surface area contributed by atoms with Gasteiger partial charge in [0.2, 0.25) is 0 Å². The lowest BCUT2D eigenvalue weighted by atomic mass is 10.4. The molecule has 78 valence electrons. The van der Waals surface area contributed by atoms with Gasteiger partial charge in [-0.2, -0.15) is 0 Å². The van der Waals surface area contributed by atoms with Crippen molar-refractivity contribution in [2.24, 2.45) is 0 Å². The predicted molar refractivity (Wildman–Crippen MR) is 59.5 cm³/mol. The summed E-state index contributed by atoms with van der Waals surface area (Å²) in [7, 11) is 0. The average Bonchev–Trinajstić information content (AvgIpc) is 2.97. The number of hydrogen-bond acceptors (Lipinski definition) is 3. The van der Waals surface area contributed by atoms with Crippen molar-refractivity contribution in [3.05, 3.63) is 30.2 Å². The van der Waals surface area contributed by atoms with Crippen LogP contribution < -0.4 is 11.1 Å². The van der Waals surface area contributed by atoms with E-state index in [1.807, 2.05) is 28.9 Å². The fraction of sp³-hybridized carbons (Fsp3) is 0.364. The molecule has 0 unspecified atom stereocenters. The van der Waals surface area contributed by atoms with Crippen LogP contribution in [-0.4, -0.2) is 15.4 Å². The van der Waals surface area contributed by atoms with Crippen LogP contribution in [0, 0.1) is 0 Å². The second-order valence-corrected chi connectivity index (χ2v) is 4.10. The van der Waals surface area contributed by atoms with E-state index in [2.05, 4.69) is 10.3 Å². The molecule has 0 atom stereocenters. The Balaban J connectivity index is 1.91. The molecule has 1 fully saturated rings. The Hall–Kier alpha value is -1.55. The minimum absolute atomic E-state index is 0.719. The van der Waals surface area contributed by atoms with Crippen molar-refractivity contribution in [1.82, 2.24) is 14.7 Å². The molecule has 1 saturated carbocycles. The van der Waals surface area contributed by atoms with E-state index in [4.69, 9.17) is 5.73 Å². The van der Waals surface area contributed by atoms with Crippen molar-refractivity contribution in [2.45, 2.75) is 25.4 Å². The molecule has 2 heterocycles. The minimum Gasteiger partial charge on any atom is -0.398 e. The van der Waals surface area contributed by atoms with Crippen molar-refractivity contribution >= 4 is 11.3 Å². The second-order valence-electron chi connectivity index (χ2n) is 4.10. The highest BCUT2D eigenvalue weighted by Crippen LogP contribution is 2.19. The summed E-state index contributed by atoms with van der Waals surface area (Å²) in [4.78, 5) is 4.33. The molecule has 1 aliphatic rings. The highest BCUT2D eigenvalue weighted by atomic mass is 15.0. The normalized spacial score (nSPS) is 16.0. The summed E-state index contributed by atoms with van der Waals surface area (Å²) in [5.41, 5.74) is 8.65. The highest BCUT2D eigenvalue weighted by molar-refractivity contribution is 5.48. The third-order valence-corrected chi connectivity index (χ3v) is 2.75. The Labute approximate surface area is 88.1 Å². The molecule has 1 aliphatic carbocycles. The second kappa shape index (κ2) is 3.24. The Morgan fingerprint density at radius 1 is 1.47 bits per heavy atom. The molecule has 0 aliphatic heterocycles. The van der Waals surface area contributed by atoms with E-state index in [0.717, 1.165) is 23.9 Å². The van der Waals surface area contributed by atoms with E-state index >= 15 is 0 Å². The fourth-order valence-corrected chi connectivity index (χ4v) is 1.71. The number of anilines is 1. The van der Waals surface area contributed by atoms with Crippen LogP contribution in [0.2, 0.25) is 0 Å². The first kappa shape index (κ1) is 8.73. The third kappa shape index (κ3) is 1.68. The SMILES string of the molecule is Nc1ccc2ncc(CNC3CC3)n2c1. The van der Waals surface area contributed by atoms with E-state index < -0.39 is 0 Å². The molecular weight excluding hydrogens is 188 g/mol. The summed E-state index contributed by atoms with van der Waals surface area (Å²) in [5, 5.41) is 3.47. The van der Waals surface area contributed by atoms with Crippen LogP contribution in [0.5, 0.6) is 0 Å². The lowest BCUT2D eigenvalue weighted by Gasteiger charge is -2.03.